The maximum absolute atomic E-state index is 13.4. The lowest BCUT2D eigenvalue weighted by atomic mass is 10.1. The van der Waals surface area contributed by atoms with Crippen molar-refractivity contribution in [3.8, 4) is 5.75 Å². The number of methoxy groups -OCH3 is 1. The summed E-state index contributed by atoms with van der Waals surface area (Å²) in [7, 11) is 1.63. The Morgan fingerprint density at radius 1 is 1.00 bits per heavy atom. The minimum atomic E-state index is -0.670. The summed E-state index contributed by atoms with van der Waals surface area (Å²) >= 11 is 11.7. The molecule has 6 nitrogen and oxygen atoms in total. The molecule has 1 saturated heterocycles. The van der Waals surface area contributed by atoms with Gasteiger partial charge in [0.25, 0.3) is 5.91 Å². The Bertz CT molecular complexity index is 1190. The molecule has 0 aromatic heterocycles. The number of thiocarbonyl (C=S) groups is 1. The molecule has 0 radical (unpaired) electrons. The van der Waals surface area contributed by atoms with E-state index in [1.165, 1.54) is 0 Å². The van der Waals surface area contributed by atoms with Crippen LogP contribution in [0.5, 0.6) is 5.75 Å². The first-order valence-corrected chi connectivity index (χ1v) is 12.1. The Kier molecular flexibility index (Phi) is 8.00. The average Bonchev–Trinajstić information content (AvgIpc) is 3.08. The number of carbonyl (C=O) groups is 2. The molecule has 1 fully saturated rings. The van der Waals surface area contributed by atoms with Crippen LogP contribution < -0.4 is 10.1 Å². The van der Waals surface area contributed by atoms with Gasteiger partial charge in [-0.2, -0.15) is 0 Å². The molecule has 8 heteroatoms. The standard InChI is InChI=1S/C27H26ClN3O3S/c1-34-23-13-7-19(8-14-23)15-16-30-24(17-25(32)29-22-11-9-21(28)10-12-22)26(33)31(27(30)35)18-20-5-3-2-4-6-20/h2-14,24H,15-18H2,1H3,(H,29,32)/t24-/m0/s1. The van der Waals surface area contributed by atoms with Gasteiger partial charge in [0.2, 0.25) is 5.91 Å². The fraction of sp³-hybridized carbons (Fsp3) is 0.222. The number of anilines is 1. The summed E-state index contributed by atoms with van der Waals surface area (Å²) in [4.78, 5) is 29.8. The van der Waals surface area contributed by atoms with Gasteiger partial charge in [-0.3, -0.25) is 14.5 Å². The summed E-state index contributed by atoms with van der Waals surface area (Å²) in [5, 5.41) is 3.88. The maximum Gasteiger partial charge on any atom is 0.252 e. The monoisotopic (exact) mass is 507 g/mol. The van der Waals surface area contributed by atoms with Crippen LogP contribution in [0.25, 0.3) is 0 Å². The Morgan fingerprint density at radius 3 is 2.34 bits per heavy atom. The number of ether oxygens (including phenoxy) is 1. The van der Waals surface area contributed by atoms with Crippen molar-refractivity contribution >= 4 is 46.4 Å². The number of nitrogens with one attached hydrogen (secondary N) is 1. The van der Waals surface area contributed by atoms with E-state index in [0.29, 0.717) is 35.3 Å². The highest BCUT2D eigenvalue weighted by Gasteiger charge is 2.43. The molecule has 0 saturated carbocycles. The number of halogens is 1. The van der Waals surface area contributed by atoms with Gasteiger partial charge in [-0.25, -0.2) is 0 Å². The van der Waals surface area contributed by atoms with Crippen molar-refractivity contribution < 1.29 is 14.3 Å². The molecule has 0 bridgehead atoms. The van der Waals surface area contributed by atoms with Crippen LogP contribution in [0.2, 0.25) is 5.02 Å². The van der Waals surface area contributed by atoms with Crippen molar-refractivity contribution in [3.63, 3.8) is 0 Å². The number of hydrogen-bond acceptors (Lipinski definition) is 4. The Morgan fingerprint density at radius 2 is 1.69 bits per heavy atom. The van der Waals surface area contributed by atoms with Crippen molar-refractivity contribution in [1.82, 2.24) is 9.80 Å². The number of rotatable bonds is 9. The molecule has 1 aliphatic heterocycles. The first-order chi connectivity index (χ1) is 16.9. The summed E-state index contributed by atoms with van der Waals surface area (Å²) in [6, 6.07) is 23.7. The van der Waals surface area contributed by atoms with Crippen molar-refractivity contribution in [1.29, 1.82) is 0 Å². The van der Waals surface area contributed by atoms with Gasteiger partial charge in [0.1, 0.15) is 11.8 Å². The third-order valence-corrected chi connectivity index (χ3v) is 6.60. The molecule has 1 N–H and O–H groups in total. The van der Waals surface area contributed by atoms with Crippen molar-refractivity contribution in [2.75, 3.05) is 19.0 Å². The van der Waals surface area contributed by atoms with E-state index in [1.807, 2.05) is 59.5 Å². The highest BCUT2D eigenvalue weighted by atomic mass is 35.5. The molecule has 3 aromatic carbocycles. The summed E-state index contributed by atoms with van der Waals surface area (Å²) in [6.45, 7) is 0.883. The molecule has 2 amide bonds. The molecule has 0 aliphatic carbocycles. The van der Waals surface area contributed by atoms with E-state index in [-0.39, 0.29) is 18.2 Å². The number of amides is 2. The number of hydrogen-bond donors (Lipinski definition) is 1. The van der Waals surface area contributed by atoms with Crippen LogP contribution in [0.3, 0.4) is 0 Å². The predicted octanol–water partition coefficient (Wildman–Crippen LogP) is 4.92. The largest absolute Gasteiger partial charge is 0.497 e. The van der Waals surface area contributed by atoms with Gasteiger partial charge in [0.05, 0.1) is 20.1 Å². The molecule has 1 heterocycles. The summed E-state index contributed by atoms with van der Waals surface area (Å²) in [5.74, 6) is 0.357. The lowest BCUT2D eigenvalue weighted by Crippen LogP contribution is -2.39. The highest BCUT2D eigenvalue weighted by molar-refractivity contribution is 7.80. The number of benzene rings is 3. The van der Waals surface area contributed by atoms with Gasteiger partial charge in [0.15, 0.2) is 5.11 Å². The van der Waals surface area contributed by atoms with E-state index < -0.39 is 6.04 Å². The van der Waals surface area contributed by atoms with Gasteiger partial charge < -0.3 is 15.0 Å². The lowest BCUT2D eigenvalue weighted by Gasteiger charge is -2.24. The topological polar surface area (TPSA) is 61.9 Å². The van der Waals surface area contributed by atoms with E-state index >= 15 is 0 Å². The molecular formula is C27H26ClN3O3S. The van der Waals surface area contributed by atoms with Crippen LogP contribution >= 0.6 is 23.8 Å². The zero-order valence-corrected chi connectivity index (χ0v) is 20.9. The molecule has 4 rings (SSSR count). The number of carbonyl (C=O) groups excluding carboxylic acids is 2. The zero-order chi connectivity index (χ0) is 24.8. The quantitative estimate of drug-likeness (QED) is 0.417. The third kappa shape index (κ3) is 6.18. The van der Waals surface area contributed by atoms with Gasteiger partial charge in [0, 0.05) is 17.3 Å². The molecular weight excluding hydrogens is 482 g/mol. The third-order valence-electron chi connectivity index (χ3n) is 5.89. The van der Waals surface area contributed by atoms with Gasteiger partial charge in [-0.15, -0.1) is 0 Å². The summed E-state index contributed by atoms with van der Waals surface area (Å²) in [5.41, 5.74) is 2.69. The Hall–Kier alpha value is -3.42. The smallest absolute Gasteiger partial charge is 0.252 e. The van der Waals surface area contributed by atoms with E-state index in [2.05, 4.69) is 5.32 Å². The van der Waals surface area contributed by atoms with Gasteiger partial charge in [-0.05, 0) is 66.2 Å². The minimum absolute atomic E-state index is 0.00446. The van der Waals surface area contributed by atoms with E-state index in [0.717, 1.165) is 16.9 Å². The van der Waals surface area contributed by atoms with Crippen molar-refractivity contribution in [3.05, 3.63) is 95.0 Å². The molecule has 3 aromatic rings. The molecule has 1 aliphatic rings. The number of nitrogens with zero attached hydrogens (tertiary/aromatic N) is 2. The van der Waals surface area contributed by atoms with Crippen molar-refractivity contribution in [2.24, 2.45) is 0 Å². The zero-order valence-electron chi connectivity index (χ0n) is 19.3. The lowest BCUT2D eigenvalue weighted by molar-refractivity contribution is -0.131. The van der Waals surface area contributed by atoms with E-state index in [1.54, 1.807) is 36.3 Å². The maximum atomic E-state index is 13.4. The van der Waals surface area contributed by atoms with Crippen LogP contribution in [0.1, 0.15) is 17.5 Å². The van der Waals surface area contributed by atoms with Crippen LogP contribution in [0.15, 0.2) is 78.9 Å². The second-order valence-corrected chi connectivity index (χ2v) is 9.06. The Labute approximate surface area is 215 Å². The SMILES string of the molecule is COc1ccc(CCN2C(=S)N(Cc3ccccc3)C(=O)[C@@H]2CC(=O)Nc2ccc(Cl)cc2)cc1. The first kappa shape index (κ1) is 24.7. The molecule has 0 spiro atoms. The highest BCUT2D eigenvalue weighted by Crippen LogP contribution is 2.25. The Balaban J connectivity index is 1.50. The summed E-state index contributed by atoms with van der Waals surface area (Å²) < 4.78 is 5.23. The van der Waals surface area contributed by atoms with Crippen LogP contribution in [0.4, 0.5) is 5.69 Å². The molecule has 1 atom stereocenters. The van der Waals surface area contributed by atoms with E-state index in [4.69, 9.17) is 28.6 Å². The fourth-order valence-corrected chi connectivity index (χ4v) is 4.52. The summed E-state index contributed by atoms with van der Waals surface area (Å²) in [6.07, 6.45) is 0.668. The first-order valence-electron chi connectivity index (χ1n) is 11.3. The van der Waals surface area contributed by atoms with Crippen LogP contribution in [-0.4, -0.2) is 46.4 Å². The molecule has 0 unspecified atom stereocenters. The minimum Gasteiger partial charge on any atom is -0.497 e. The normalized spacial score (nSPS) is 15.4. The molecule has 180 valence electrons. The second kappa shape index (κ2) is 11.3. The predicted molar refractivity (Wildman–Crippen MR) is 141 cm³/mol. The average molecular weight is 508 g/mol. The van der Waals surface area contributed by atoms with Gasteiger partial charge in [-0.1, -0.05) is 54.1 Å². The van der Waals surface area contributed by atoms with Crippen LogP contribution in [0, 0.1) is 0 Å². The molecule has 35 heavy (non-hydrogen) atoms. The van der Waals surface area contributed by atoms with Crippen molar-refractivity contribution in [2.45, 2.75) is 25.4 Å². The second-order valence-electron chi connectivity index (χ2n) is 8.26. The fourth-order valence-electron chi connectivity index (χ4n) is 4.02. The van der Waals surface area contributed by atoms with Gasteiger partial charge >= 0.3 is 0 Å². The van der Waals surface area contributed by atoms with E-state index in [9.17, 15) is 9.59 Å². The van der Waals surface area contributed by atoms with Crippen LogP contribution in [-0.2, 0) is 22.6 Å².